The number of aliphatic hydroxyl groups is 1. The first-order chi connectivity index (χ1) is 14.6. The van der Waals surface area contributed by atoms with E-state index in [0.717, 1.165) is 49.8 Å². The summed E-state index contributed by atoms with van der Waals surface area (Å²) in [5, 5.41) is 9.48. The Balaban J connectivity index is 1.15. The fourth-order valence-corrected chi connectivity index (χ4v) is 4.70. The molecule has 1 N–H and O–H groups in total. The molecule has 0 radical (unpaired) electrons. The highest BCUT2D eigenvalue weighted by Gasteiger charge is 2.43. The predicted molar refractivity (Wildman–Crippen MR) is 119 cm³/mol. The minimum Gasteiger partial charge on any atom is -0.393 e. The zero-order valence-corrected chi connectivity index (χ0v) is 18.3. The van der Waals surface area contributed by atoms with Crippen molar-refractivity contribution in [3.8, 4) is 0 Å². The molecule has 1 saturated heterocycles. The molecule has 3 atom stereocenters. The summed E-state index contributed by atoms with van der Waals surface area (Å²) in [4.78, 5) is 11.4. The van der Waals surface area contributed by atoms with Crippen LogP contribution in [0.5, 0.6) is 0 Å². The van der Waals surface area contributed by atoms with Crippen molar-refractivity contribution in [3.63, 3.8) is 0 Å². The molecule has 2 aromatic rings. The maximum Gasteiger partial charge on any atom is 0.225 e. The summed E-state index contributed by atoms with van der Waals surface area (Å²) in [6.07, 6.45) is 9.13. The first-order valence-corrected chi connectivity index (χ1v) is 11.5. The Bertz CT molecular complexity index is 783. The molecule has 1 saturated carbocycles. The number of benzene rings is 1. The molecule has 1 aliphatic carbocycles. The van der Waals surface area contributed by atoms with Gasteiger partial charge in [-0.25, -0.2) is 9.97 Å². The summed E-state index contributed by atoms with van der Waals surface area (Å²) in [6, 6.07) is 8.43. The van der Waals surface area contributed by atoms with Crippen molar-refractivity contribution in [2.75, 3.05) is 24.6 Å². The lowest BCUT2D eigenvalue weighted by Crippen LogP contribution is -2.35. The fraction of sp³-hybridized carbons (Fsp3) is 0.600. The fourth-order valence-electron chi connectivity index (χ4n) is 4.70. The molecule has 0 spiro atoms. The second-order valence-corrected chi connectivity index (χ2v) is 9.11. The van der Waals surface area contributed by atoms with Gasteiger partial charge >= 0.3 is 0 Å². The number of aryl methyl sites for hydroxylation is 1. The first-order valence-electron chi connectivity index (χ1n) is 11.5. The molecule has 1 aromatic carbocycles. The second-order valence-electron chi connectivity index (χ2n) is 9.11. The Hall–Kier alpha value is -1.98. The van der Waals surface area contributed by atoms with Gasteiger partial charge in [0.15, 0.2) is 0 Å². The summed E-state index contributed by atoms with van der Waals surface area (Å²) in [6.45, 7) is 7.65. The number of hydrogen-bond acceptors (Lipinski definition) is 5. The van der Waals surface area contributed by atoms with Gasteiger partial charge in [-0.05, 0) is 73.5 Å². The van der Waals surface area contributed by atoms with E-state index < -0.39 is 0 Å². The number of ether oxygens (including phenoxy) is 1. The van der Waals surface area contributed by atoms with Crippen LogP contribution in [0.4, 0.5) is 5.95 Å². The average Bonchev–Trinajstić information content (AvgIpc) is 3.54. The topological polar surface area (TPSA) is 58.5 Å². The van der Waals surface area contributed by atoms with Crippen LogP contribution in [0.15, 0.2) is 36.7 Å². The van der Waals surface area contributed by atoms with E-state index in [4.69, 9.17) is 4.74 Å². The van der Waals surface area contributed by atoms with E-state index in [1.165, 1.54) is 36.0 Å². The number of piperidine rings is 1. The minimum absolute atomic E-state index is 0.292. The molecule has 0 amide bonds. The van der Waals surface area contributed by atoms with Gasteiger partial charge in [0, 0.05) is 25.5 Å². The van der Waals surface area contributed by atoms with Crippen LogP contribution in [0, 0.1) is 17.8 Å². The summed E-state index contributed by atoms with van der Waals surface area (Å²) < 4.78 is 6.02. The Labute approximate surface area is 180 Å². The Morgan fingerprint density at radius 2 is 1.73 bits per heavy atom. The van der Waals surface area contributed by atoms with Crippen molar-refractivity contribution >= 4 is 5.95 Å². The van der Waals surface area contributed by atoms with Gasteiger partial charge in [-0.3, -0.25) is 0 Å². The van der Waals surface area contributed by atoms with Crippen LogP contribution in [-0.2, 0) is 24.2 Å². The summed E-state index contributed by atoms with van der Waals surface area (Å²) >= 11 is 0. The largest absolute Gasteiger partial charge is 0.393 e. The summed E-state index contributed by atoms with van der Waals surface area (Å²) in [7, 11) is 0. The quantitative estimate of drug-likeness (QED) is 0.678. The summed E-state index contributed by atoms with van der Waals surface area (Å²) in [5.41, 5.74) is 3.59. The monoisotopic (exact) mass is 409 g/mol. The molecule has 1 aliphatic heterocycles. The van der Waals surface area contributed by atoms with E-state index in [-0.39, 0.29) is 6.10 Å². The maximum absolute atomic E-state index is 9.48. The SMILES string of the molecule is CCc1cnc(N2CCC([C@H]3C[C@H]3COCc3ccc(C[C@H](C)O)cc3)CC2)nc1. The van der Waals surface area contributed by atoms with E-state index in [1.807, 2.05) is 19.3 Å². The van der Waals surface area contributed by atoms with Gasteiger partial charge in [-0.1, -0.05) is 31.2 Å². The van der Waals surface area contributed by atoms with Gasteiger partial charge in [0.25, 0.3) is 0 Å². The smallest absolute Gasteiger partial charge is 0.225 e. The van der Waals surface area contributed by atoms with E-state index in [9.17, 15) is 5.11 Å². The van der Waals surface area contributed by atoms with Crippen LogP contribution in [0.1, 0.15) is 49.8 Å². The molecule has 5 nitrogen and oxygen atoms in total. The number of aliphatic hydroxyl groups excluding tert-OH is 1. The van der Waals surface area contributed by atoms with Gasteiger partial charge < -0.3 is 14.7 Å². The molecule has 5 heteroatoms. The lowest BCUT2D eigenvalue weighted by Gasteiger charge is -2.32. The number of hydrogen-bond donors (Lipinski definition) is 1. The van der Waals surface area contributed by atoms with Gasteiger partial charge in [0.1, 0.15) is 0 Å². The molecule has 0 bridgehead atoms. The summed E-state index contributed by atoms with van der Waals surface area (Å²) in [5.74, 6) is 3.28. The third-order valence-electron chi connectivity index (χ3n) is 6.66. The lowest BCUT2D eigenvalue weighted by atomic mass is 9.91. The maximum atomic E-state index is 9.48. The second kappa shape index (κ2) is 9.88. The number of nitrogens with zero attached hydrogens (tertiary/aromatic N) is 3. The highest BCUT2D eigenvalue weighted by molar-refractivity contribution is 5.30. The highest BCUT2D eigenvalue weighted by Crippen LogP contribution is 2.48. The third kappa shape index (κ3) is 5.58. The van der Waals surface area contributed by atoms with Crippen molar-refractivity contribution < 1.29 is 9.84 Å². The molecule has 0 unspecified atom stereocenters. The van der Waals surface area contributed by atoms with Crippen LogP contribution >= 0.6 is 0 Å². The normalized spacial score (nSPS) is 22.8. The molecule has 2 aliphatic rings. The molecule has 4 rings (SSSR count). The Morgan fingerprint density at radius 3 is 2.37 bits per heavy atom. The van der Waals surface area contributed by atoms with Gasteiger partial charge in [-0.15, -0.1) is 0 Å². The van der Waals surface area contributed by atoms with Gasteiger partial charge in [-0.2, -0.15) is 0 Å². The van der Waals surface area contributed by atoms with Crippen molar-refractivity contribution in [2.45, 2.75) is 58.7 Å². The van der Waals surface area contributed by atoms with Crippen LogP contribution in [0.25, 0.3) is 0 Å². The lowest BCUT2D eigenvalue weighted by molar-refractivity contribution is 0.104. The van der Waals surface area contributed by atoms with Gasteiger partial charge in [0.2, 0.25) is 5.95 Å². The standard InChI is InChI=1S/C25H35N3O2/c1-3-19-14-26-25(27-15-19)28-10-8-22(9-11-28)24-13-23(24)17-30-16-21-6-4-20(5-7-21)12-18(2)29/h4-7,14-15,18,22-24,29H,3,8-13,16-17H2,1-2H3/t18-,23-,24+/m0/s1. The molecule has 162 valence electrons. The number of aromatic nitrogens is 2. The first kappa shape index (κ1) is 21.3. The zero-order valence-electron chi connectivity index (χ0n) is 18.3. The van der Waals surface area contributed by atoms with E-state index >= 15 is 0 Å². The number of anilines is 1. The van der Waals surface area contributed by atoms with Crippen molar-refractivity contribution in [2.24, 2.45) is 17.8 Å². The molecule has 2 heterocycles. The Morgan fingerprint density at radius 1 is 1.07 bits per heavy atom. The van der Waals surface area contributed by atoms with E-state index in [1.54, 1.807) is 0 Å². The minimum atomic E-state index is -0.292. The number of rotatable bonds is 9. The zero-order chi connectivity index (χ0) is 20.9. The van der Waals surface area contributed by atoms with Crippen molar-refractivity contribution in [1.82, 2.24) is 9.97 Å². The van der Waals surface area contributed by atoms with E-state index in [2.05, 4.69) is 46.1 Å². The van der Waals surface area contributed by atoms with Crippen LogP contribution < -0.4 is 4.90 Å². The third-order valence-corrected chi connectivity index (χ3v) is 6.66. The Kier molecular flexibility index (Phi) is 7.00. The van der Waals surface area contributed by atoms with Crippen molar-refractivity contribution in [1.29, 1.82) is 0 Å². The van der Waals surface area contributed by atoms with Gasteiger partial charge in [0.05, 0.1) is 19.3 Å². The molecular formula is C25H35N3O2. The molecule has 1 aromatic heterocycles. The van der Waals surface area contributed by atoms with Crippen molar-refractivity contribution in [3.05, 3.63) is 53.3 Å². The molecular weight excluding hydrogens is 374 g/mol. The predicted octanol–water partition coefficient (Wildman–Crippen LogP) is 4.03. The molecule has 2 fully saturated rings. The molecule has 30 heavy (non-hydrogen) atoms. The van der Waals surface area contributed by atoms with Crippen LogP contribution in [0.3, 0.4) is 0 Å². The average molecular weight is 410 g/mol. The van der Waals surface area contributed by atoms with Crippen LogP contribution in [-0.4, -0.2) is 40.9 Å². The van der Waals surface area contributed by atoms with E-state index in [0.29, 0.717) is 13.0 Å². The van der Waals surface area contributed by atoms with Crippen LogP contribution in [0.2, 0.25) is 0 Å². The highest BCUT2D eigenvalue weighted by atomic mass is 16.5.